The number of hydrogen-bond acceptors (Lipinski definition) is 4. The summed E-state index contributed by atoms with van der Waals surface area (Å²) in [5, 5.41) is 0. The molecule has 2 saturated heterocycles. The maximum Gasteiger partial charge on any atom is 0.162 e. The zero-order valence-corrected chi connectivity index (χ0v) is 13.3. The Balaban J connectivity index is 1.82. The van der Waals surface area contributed by atoms with Crippen LogP contribution in [-0.2, 0) is 0 Å². The maximum atomic E-state index is 5.45. The van der Waals surface area contributed by atoms with Crippen LogP contribution in [-0.4, -0.2) is 50.8 Å². The van der Waals surface area contributed by atoms with Crippen molar-refractivity contribution in [2.45, 2.75) is 38.3 Å². The minimum atomic E-state index is 0.539. The second-order valence-corrected chi connectivity index (χ2v) is 6.19. The number of methoxy groups -OCH3 is 2. The average molecular weight is 290 g/mol. The fourth-order valence-electron chi connectivity index (χ4n) is 3.72. The number of ether oxygens (including phenoxy) is 2. The molecular weight excluding hydrogens is 264 g/mol. The Hall–Kier alpha value is -1.42. The predicted molar refractivity (Wildman–Crippen MR) is 85.6 cm³/mol. The summed E-state index contributed by atoms with van der Waals surface area (Å²) in [5.74, 6) is 1.61. The van der Waals surface area contributed by atoms with Crippen molar-refractivity contribution in [1.29, 1.82) is 0 Å². The number of piperazine rings is 1. The van der Waals surface area contributed by atoms with Crippen molar-refractivity contribution >= 4 is 5.69 Å². The van der Waals surface area contributed by atoms with Gasteiger partial charge in [-0.05, 0) is 38.4 Å². The Kier molecular flexibility index (Phi) is 4.24. The quantitative estimate of drug-likeness (QED) is 0.854. The lowest BCUT2D eigenvalue weighted by atomic mass is 9.96. The summed E-state index contributed by atoms with van der Waals surface area (Å²) in [6.45, 7) is 5.88. The van der Waals surface area contributed by atoms with Crippen LogP contribution in [0.4, 0.5) is 5.69 Å². The molecule has 0 saturated carbocycles. The third kappa shape index (κ3) is 2.82. The van der Waals surface area contributed by atoms with Crippen LogP contribution in [0.15, 0.2) is 18.2 Å². The van der Waals surface area contributed by atoms with Crippen molar-refractivity contribution in [3.05, 3.63) is 18.2 Å². The number of rotatable bonds is 3. The summed E-state index contributed by atoms with van der Waals surface area (Å²) in [4.78, 5) is 5.19. The van der Waals surface area contributed by atoms with Crippen molar-refractivity contribution in [3.8, 4) is 11.5 Å². The van der Waals surface area contributed by atoms with Crippen LogP contribution < -0.4 is 14.4 Å². The SMILES string of the molecule is COc1ccc(N2CC3CCCCN3CC2C)cc1OC. The lowest BCUT2D eigenvalue weighted by Crippen LogP contribution is -2.58. The van der Waals surface area contributed by atoms with Gasteiger partial charge in [0.15, 0.2) is 11.5 Å². The van der Waals surface area contributed by atoms with Crippen LogP contribution in [0.2, 0.25) is 0 Å². The lowest BCUT2D eigenvalue weighted by Gasteiger charge is -2.48. The molecule has 2 unspecified atom stereocenters. The minimum absolute atomic E-state index is 0.539. The first-order chi connectivity index (χ1) is 10.2. The molecule has 2 atom stereocenters. The number of fused-ring (bicyclic) bond motifs is 1. The van der Waals surface area contributed by atoms with Gasteiger partial charge in [-0.3, -0.25) is 4.90 Å². The third-order valence-corrected chi connectivity index (χ3v) is 4.89. The largest absolute Gasteiger partial charge is 0.493 e. The molecule has 0 amide bonds. The molecule has 0 spiro atoms. The molecule has 2 aliphatic rings. The molecule has 1 aromatic carbocycles. The van der Waals surface area contributed by atoms with E-state index in [1.54, 1.807) is 14.2 Å². The Morgan fingerprint density at radius 3 is 2.62 bits per heavy atom. The highest BCUT2D eigenvalue weighted by Crippen LogP contribution is 2.34. The molecular formula is C17H26N2O2. The molecule has 0 aromatic heterocycles. The van der Waals surface area contributed by atoms with Crippen LogP contribution in [0.1, 0.15) is 26.2 Å². The molecule has 0 bridgehead atoms. The van der Waals surface area contributed by atoms with Crippen molar-refractivity contribution in [2.75, 3.05) is 38.8 Å². The van der Waals surface area contributed by atoms with E-state index in [-0.39, 0.29) is 0 Å². The third-order valence-electron chi connectivity index (χ3n) is 4.89. The van der Waals surface area contributed by atoms with Crippen LogP contribution in [0.5, 0.6) is 11.5 Å². The van der Waals surface area contributed by atoms with Gasteiger partial charge in [0.2, 0.25) is 0 Å². The highest BCUT2D eigenvalue weighted by Gasteiger charge is 2.33. The molecule has 116 valence electrons. The van der Waals surface area contributed by atoms with Crippen LogP contribution in [0, 0.1) is 0 Å². The van der Waals surface area contributed by atoms with E-state index in [1.807, 2.05) is 6.07 Å². The van der Waals surface area contributed by atoms with Gasteiger partial charge in [-0.15, -0.1) is 0 Å². The van der Waals surface area contributed by atoms with E-state index >= 15 is 0 Å². The highest BCUT2D eigenvalue weighted by molar-refractivity contribution is 5.57. The first kappa shape index (κ1) is 14.5. The van der Waals surface area contributed by atoms with E-state index in [9.17, 15) is 0 Å². The van der Waals surface area contributed by atoms with Crippen molar-refractivity contribution in [2.24, 2.45) is 0 Å². The molecule has 0 N–H and O–H groups in total. The van der Waals surface area contributed by atoms with Gasteiger partial charge in [-0.1, -0.05) is 6.42 Å². The van der Waals surface area contributed by atoms with Crippen LogP contribution >= 0.6 is 0 Å². The van der Waals surface area contributed by atoms with E-state index in [4.69, 9.17) is 9.47 Å². The molecule has 3 rings (SSSR count). The van der Waals surface area contributed by atoms with Gasteiger partial charge >= 0.3 is 0 Å². The molecule has 2 aliphatic heterocycles. The summed E-state index contributed by atoms with van der Waals surface area (Å²) in [6.07, 6.45) is 4.06. The van der Waals surface area contributed by atoms with Crippen molar-refractivity contribution in [3.63, 3.8) is 0 Å². The Labute approximate surface area is 127 Å². The van der Waals surface area contributed by atoms with Gasteiger partial charge in [0, 0.05) is 36.9 Å². The standard InChI is InChI=1S/C17H26N2O2/c1-13-11-18-9-5-4-6-15(18)12-19(13)14-7-8-16(20-2)17(10-14)21-3/h7-8,10,13,15H,4-6,9,11-12H2,1-3H3. The first-order valence-corrected chi connectivity index (χ1v) is 7.95. The van der Waals surface area contributed by atoms with E-state index in [2.05, 4.69) is 28.9 Å². The number of nitrogens with zero attached hydrogens (tertiary/aromatic N) is 2. The summed E-state index contributed by atoms with van der Waals surface area (Å²) < 4.78 is 10.8. The first-order valence-electron chi connectivity index (χ1n) is 7.95. The summed E-state index contributed by atoms with van der Waals surface area (Å²) in [6, 6.07) is 7.51. The fraction of sp³-hybridized carbons (Fsp3) is 0.647. The number of hydrogen-bond donors (Lipinski definition) is 0. The summed E-state index contributed by atoms with van der Waals surface area (Å²) in [7, 11) is 3.38. The molecule has 2 fully saturated rings. The molecule has 2 heterocycles. The predicted octanol–water partition coefficient (Wildman–Crippen LogP) is 2.77. The molecule has 1 aromatic rings. The molecule has 4 heteroatoms. The van der Waals surface area contributed by atoms with Gasteiger partial charge in [-0.2, -0.15) is 0 Å². The molecule has 21 heavy (non-hydrogen) atoms. The minimum Gasteiger partial charge on any atom is -0.493 e. The zero-order chi connectivity index (χ0) is 14.8. The Bertz CT molecular complexity index is 492. The van der Waals surface area contributed by atoms with Gasteiger partial charge < -0.3 is 14.4 Å². The second kappa shape index (κ2) is 6.14. The van der Waals surface area contributed by atoms with E-state index in [0.29, 0.717) is 12.1 Å². The number of benzene rings is 1. The summed E-state index contributed by atoms with van der Waals surface area (Å²) in [5.41, 5.74) is 1.24. The van der Waals surface area contributed by atoms with Gasteiger partial charge in [-0.25, -0.2) is 0 Å². The smallest absolute Gasteiger partial charge is 0.162 e. The van der Waals surface area contributed by atoms with Crippen LogP contribution in [0.25, 0.3) is 0 Å². The number of piperidine rings is 1. The molecule has 4 nitrogen and oxygen atoms in total. The van der Waals surface area contributed by atoms with E-state index in [1.165, 1.54) is 38.0 Å². The van der Waals surface area contributed by atoms with Gasteiger partial charge in [0.1, 0.15) is 0 Å². The summed E-state index contributed by atoms with van der Waals surface area (Å²) >= 11 is 0. The van der Waals surface area contributed by atoms with Crippen LogP contribution in [0.3, 0.4) is 0 Å². The zero-order valence-electron chi connectivity index (χ0n) is 13.3. The van der Waals surface area contributed by atoms with Gasteiger partial charge in [0.05, 0.1) is 14.2 Å². The Morgan fingerprint density at radius 2 is 1.86 bits per heavy atom. The Morgan fingerprint density at radius 1 is 1.05 bits per heavy atom. The maximum absolute atomic E-state index is 5.45. The monoisotopic (exact) mass is 290 g/mol. The van der Waals surface area contributed by atoms with Crippen molar-refractivity contribution in [1.82, 2.24) is 4.90 Å². The van der Waals surface area contributed by atoms with E-state index < -0.39 is 0 Å². The van der Waals surface area contributed by atoms with Crippen molar-refractivity contribution < 1.29 is 9.47 Å². The normalized spacial score (nSPS) is 26.3. The second-order valence-electron chi connectivity index (χ2n) is 6.19. The molecule has 0 radical (unpaired) electrons. The lowest BCUT2D eigenvalue weighted by molar-refractivity contribution is 0.115. The van der Waals surface area contributed by atoms with Gasteiger partial charge in [0.25, 0.3) is 0 Å². The molecule has 0 aliphatic carbocycles. The average Bonchev–Trinajstić information content (AvgIpc) is 2.53. The fourth-order valence-corrected chi connectivity index (χ4v) is 3.72. The van der Waals surface area contributed by atoms with E-state index in [0.717, 1.165) is 18.0 Å². The topological polar surface area (TPSA) is 24.9 Å². The highest BCUT2D eigenvalue weighted by atomic mass is 16.5. The number of anilines is 1.